The fraction of sp³-hybridized carbons (Fsp3) is 0.286. The largest absolute Gasteiger partial charge is 0.361 e. The molecule has 2 aromatic rings. The number of benzene rings is 1. The fourth-order valence-electron chi connectivity index (χ4n) is 1.55. The number of halogens is 1. The maximum absolute atomic E-state index is 12.0. The van der Waals surface area contributed by atoms with Gasteiger partial charge >= 0.3 is 0 Å². The molecule has 1 heterocycles. The molecule has 1 aromatic heterocycles. The molecular formula is C14H15BrN2O2S. The number of amides is 1. The highest BCUT2D eigenvalue weighted by Crippen LogP contribution is 2.20. The summed E-state index contributed by atoms with van der Waals surface area (Å²) in [4.78, 5) is 12.0. The Kier molecular flexibility index (Phi) is 5.25. The lowest BCUT2D eigenvalue weighted by molar-refractivity contribution is -0.115. The number of aryl methyl sites for hydroxylation is 1. The van der Waals surface area contributed by atoms with Crippen molar-refractivity contribution in [1.29, 1.82) is 0 Å². The summed E-state index contributed by atoms with van der Waals surface area (Å²) in [7, 11) is 0. The SMILES string of the molecule is Cc1cc(CSC(C)C(=O)Nc2ccc(Br)cc2)no1. The van der Waals surface area contributed by atoms with Gasteiger partial charge in [-0.15, -0.1) is 11.8 Å². The van der Waals surface area contributed by atoms with Crippen molar-refractivity contribution in [3.05, 3.63) is 46.3 Å². The summed E-state index contributed by atoms with van der Waals surface area (Å²) in [5.41, 5.74) is 1.65. The first kappa shape index (κ1) is 15.1. The molecule has 0 aliphatic carbocycles. The van der Waals surface area contributed by atoms with Crippen LogP contribution in [0.3, 0.4) is 0 Å². The Hall–Kier alpha value is -1.27. The van der Waals surface area contributed by atoms with E-state index in [4.69, 9.17) is 4.52 Å². The second-order valence-corrected chi connectivity index (χ2v) is 6.62. The summed E-state index contributed by atoms with van der Waals surface area (Å²) in [5.74, 6) is 1.43. The molecule has 1 amide bonds. The van der Waals surface area contributed by atoms with Crippen molar-refractivity contribution in [3.8, 4) is 0 Å². The Labute approximate surface area is 130 Å². The number of nitrogens with zero attached hydrogens (tertiary/aromatic N) is 1. The third kappa shape index (κ3) is 4.38. The minimum absolute atomic E-state index is 0.0162. The Morgan fingerprint density at radius 1 is 1.45 bits per heavy atom. The zero-order valence-corrected chi connectivity index (χ0v) is 13.6. The van der Waals surface area contributed by atoms with E-state index in [0.29, 0.717) is 5.75 Å². The van der Waals surface area contributed by atoms with Gasteiger partial charge in [0.05, 0.1) is 10.9 Å². The van der Waals surface area contributed by atoms with Crippen LogP contribution in [0.2, 0.25) is 0 Å². The number of nitrogens with one attached hydrogen (secondary N) is 1. The van der Waals surface area contributed by atoms with Crippen LogP contribution in [0.4, 0.5) is 5.69 Å². The van der Waals surface area contributed by atoms with Crippen molar-refractivity contribution >= 4 is 39.3 Å². The monoisotopic (exact) mass is 354 g/mol. The fourth-order valence-corrected chi connectivity index (χ4v) is 2.58. The number of rotatable bonds is 5. The van der Waals surface area contributed by atoms with Crippen LogP contribution in [-0.2, 0) is 10.5 Å². The molecule has 6 heteroatoms. The highest BCUT2D eigenvalue weighted by Gasteiger charge is 2.14. The first-order chi connectivity index (χ1) is 9.54. The van der Waals surface area contributed by atoms with Crippen molar-refractivity contribution < 1.29 is 9.32 Å². The van der Waals surface area contributed by atoms with Gasteiger partial charge in [0.2, 0.25) is 5.91 Å². The summed E-state index contributed by atoms with van der Waals surface area (Å²) in [6.45, 7) is 3.73. The number of thioether (sulfide) groups is 1. The average Bonchev–Trinajstić information content (AvgIpc) is 2.84. The minimum atomic E-state index is -0.157. The van der Waals surface area contributed by atoms with Crippen LogP contribution < -0.4 is 5.32 Å². The van der Waals surface area contributed by atoms with Crippen LogP contribution in [0, 0.1) is 6.92 Å². The van der Waals surface area contributed by atoms with E-state index in [0.717, 1.165) is 21.6 Å². The Bertz CT molecular complexity index is 583. The molecule has 1 N–H and O–H groups in total. The van der Waals surface area contributed by atoms with Crippen LogP contribution in [0.1, 0.15) is 18.4 Å². The van der Waals surface area contributed by atoms with Crippen molar-refractivity contribution in [2.24, 2.45) is 0 Å². The van der Waals surface area contributed by atoms with E-state index in [-0.39, 0.29) is 11.2 Å². The predicted molar refractivity (Wildman–Crippen MR) is 84.8 cm³/mol. The number of carbonyl (C=O) groups is 1. The Morgan fingerprint density at radius 2 is 2.15 bits per heavy atom. The van der Waals surface area contributed by atoms with Crippen LogP contribution >= 0.6 is 27.7 Å². The third-order valence-corrected chi connectivity index (χ3v) is 4.34. The topological polar surface area (TPSA) is 55.1 Å². The molecule has 0 saturated heterocycles. The first-order valence-electron chi connectivity index (χ1n) is 6.15. The molecule has 0 saturated carbocycles. The van der Waals surface area contributed by atoms with E-state index >= 15 is 0 Å². The van der Waals surface area contributed by atoms with E-state index in [1.807, 2.05) is 44.2 Å². The molecular weight excluding hydrogens is 340 g/mol. The number of hydrogen-bond donors (Lipinski definition) is 1. The molecule has 0 aliphatic heterocycles. The minimum Gasteiger partial charge on any atom is -0.361 e. The highest BCUT2D eigenvalue weighted by atomic mass is 79.9. The van der Waals surface area contributed by atoms with E-state index in [9.17, 15) is 4.79 Å². The third-order valence-electron chi connectivity index (χ3n) is 2.64. The van der Waals surface area contributed by atoms with Crippen molar-refractivity contribution in [2.75, 3.05) is 5.32 Å². The standard InChI is InChI=1S/C14H15BrN2O2S/c1-9-7-13(17-19-9)8-20-10(2)14(18)16-12-5-3-11(15)4-6-12/h3-7,10H,8H2,1-2H3,(H,16,18). The van der Waals surface area contributed by atoms with Crippen LogP contribution in [-0.4, -0.2) is 16.3 Å². The summed E-state index contributed by atoms with van der Waals surface area (Å²) in [6.07, 6.45) is 0. The first-order valence-corrected chi connectivity index (χ1v) is 7.99. The quantitative estimate of drug-likeness (QED) is 0.881. The van der Waals surface area contributed by atoms with Crippen molar-refractivity contribution in [2.45, 2.75) is 24.9 Å². The highest BCUT2D eigenvalue weighted by molar-refractivity contribution is 9.10. The molecule has 1 unspecified atom stereocenters. The molecule has 0 bridgehead atoms. The van der Waals surface area contributed by atoms with Gasteiger partial charge in [-0.3, -0.25) is 4.79 Å². The summed E-state index contributed by atoms with van der Waals surface area (Å²) >= 11 is 4.89. The van der Waals surface area contributed by atoms with Gasteiger partial charge in [0.15, 0.2) is 0 Å². The van der Waals surface area contributed by atoms with Crippen LogP contribution in [0.25, 0.3) is 0 Å². The van der Waals surface area contributed by atoms with Gasteiger partial charge in [-0.2, -0.15) is 0 Å². The van der Waals surface area contributed by atoms with Gasteiger partial charge in [0.25, 0.3) is 0 Å². The molecule has 2 rings (SSSR count). The lowest BCUT2D eigenvalue weighted by Crippen LogP contribution is -2.22. The second-order valence-electron chi connectivity index (χ2n) is 4.38. The lowest BCUT2D eigenvalue weighted by Gasteiger charge is -2.11. The molecule has 0 aliphatic rings. The summed E-state index contributed by atoms with van der Waals surface area (Å²) in [5, 5.41) is 6.64. The second kappa shape index (κ2) is 6.95. The van der Waals surface area contributed by atoms with Gasteiger partial charge in [0, 0.05) is 22.0 Å². The van der Waals surface area contributed by atoms with Gasteiger partial charge < -0.3 is 9.84 Å². The van der Waals surface area contributed by atoms with Gasteiger partial charge in [0.1, 0.15) is 5.76 Å². The Balaban J connectivity index is 1.84. The summed E-state index contributed by atoms with van der Waals surface area (Å²) in [6, 6.07) is 9.39. The zero-order chi connectivity index (χ0) is 14.5. The normalized spacial score (nSPS) is 12.2. The zero-order valence-electron chi connectivity index (χ0n) is 11.2. The van der Waals surface area contributed by atoms with E-state index < -0.39 is 0 Å². The number of carbonyl (C=O) groups excluding carboxylic acids is 1. The van der Waals surface area contributed by atoms with Crippen LogP contribution in [0.5, 0.6) is 0 Å². The van der Waals surface area contributed by atoms with E-state index in [2.05, 4.69) is 26.4 Å². The number of anilines is 1. The van der Waals surface area contributed by atoms with Crippen molar-refractivity contribution in [1.82, 2.24) is 5.16 Å². The maximum atomic E-state index is 12.0. The van der Waals surface area contributed by atoms with Gasteiger partial charge in [-0.1, -0.05) is 21.1 Å². The maximum Gasteiger partial charge on any atom is 0.237 e. The van der Waals surface area contributed by atoms with Crippen LogP contribution in [0.15, 0.2) is 39.3 Å². The molecule has 0 fully saturated rings. The molecule has 0 spiro atoms. The van der Waals surface area contributed by atoms with Gasteiger partial charge in [-0.25, -0.2) is 0 Å². The van der Waals surface area contributed by atoms with E-state index in [1.54, 1.807) is 0 Å². The predicted octanol–water partition coefficient (Wildman–Crippen LogP) is 4.01. The smallest absolute Gasteiger partial charge is 0.237 e. The number of hydrogen-bond acceptors (Lipinski definition) is 4. The molecule has 106 valence electrons. The molecule has 20 heavy (non-hydrogen) atoms. The Morgan fingerprint density at radius 3 is 2.75 bits per heavy atom. The van der Waals surface area contributed by atoms with E-state index in [1.165, 1.54) is 11.8 Å². The molecule has 0 radical (unpaired) electrons. The van der Waals surface area contributed by atoms with Gasteiger partial charge in [-0.05, 0) is 38.1 Å². The number of aromatic nitrogens is 1. The molecule has 1 atom stereocenters. The summed E-state index contributed by atoms with van der Waals surface area (Å²) < 4.78 is 5.98. The lowest BCUT2D eigenvalue weighted by atomic mass is 10.3. The van der Waals surface area contributed by atoms with Crippen molar-refractivity contribution in [3.63, 3.8) is 0 Å². The molecule has 1 aromatic carbocycles. The molecule has 4 nitrogen and oxygen atoms in total. The average molecular weight is 355 g/mol.